The molecule has 0 spiro atoms. The van der Waals surface area contributed by atoms with Crippen molar-refractivity contribution in [3.05, 3.63) is 66.8 Å². The van der Waals surface area contributed by atoms with Crippen molar-refractivity contribution in [1.29, 1.82) is 0 Å². The summed E-state index contributed by atoms with van der Waals surface area (Å²) >= 11 is 0. The molecule has 1 fully saturated rings. The van der Waals surface area contributed by atoms with Crippen molar-refractivity contribution in [3.8, 4) is 5.75 Å². The van der Waals surface area contributed by atoms with Gasteiger partial charge < -0.3 is 5.11 Å². The van der Waals surface area contributed by atoms with E-state index in [0.29, 0.717) is 5.75 Å². The second kappa shape index (κ2) is 30.0. The van der Waals surface area contributed by atoms with Gasteiger partial charge in [0.15, 0.2) is 0 Å². The first-order valence-electron chi connectivity index (χ1n) is 11.2. The topological polar surface area (TPSA) is 20.2 Å². The second-order valence-corrected chi connectivity index (χ2v) is 6.02. The molecule has 0 aromatic heterocycles. The van der Waals surface area contributed by atoms with E-state index < -0.39 is 0 Å². The zero-order valence-electron chi connectivity index (χ0n) is 20.5. The van der Waals surface area contributed by atoms with Gasteiger partial charge in [-0.05, 0) is 31.9 Å². The van der Waals surface area contributed by atoms with Crippen LogP contribution < -0.4 is 0 Å². The Bertz CT molecular complexity index is 413. The van der Waals surface area contributed by atoms with Crippen LogP contribution in [0.2, 0.25) is 0 Å². The molecule has 0 radical (unpaired) electrons. The standard InChI is InChI=1S/C7H8O.C7H14.C7H10.3C2H6/c1-6-2-4-7(8)5-3-6;1-7-5-3-2-4-6-7;1-4-5-6-7(2)3;3*1-2/h2-5,8H,1H3;7H,2-6H2,1H3;4-6H,1-2H2,3H3;3*1-2H3/b;;6-5-;;;. The van der Waals surface area contributed by atoms with Crippen LogP contribution in [0.25, 0.3) is 0 Å². The molecule has 2 rings (SSSR count). The lowest BCUT2D eigenvalue weighted by atomic mass is 9.91. The first-order chi connectivity index (χ1) is 13.5. The molecule has 28 heavy (non-hydrogen) atoms. The maximum Gasteiger partial charge on any atom is 0.115 e. The lowest BCUT2D eigenvalue weighted by Gasteiger charge is -2.15. The van der Waals surface area contributed by atoms with Crippen LogP contribution in [0.1, 0.15) is 93.1 Å². The first kappa shape index (κ1) is 33.8. The van der Waals surface area contributed by atoms with Gasteiger partial charge in [0.1, 0.15) is 5.75 Å². The summed E-state index contributed by atoms with van der Waals surface area (Å²) in [4.78, 5) is 0. The quantitative estimate of drug-likeness (QED) is 0.498. The summed E-state index contributed by atoms with van der Waals surface area (Å²) in [5, 5.41) is 8.76. The number of aromatic hydroxyl groups is 1. The van der Waals surface area contributed by atoms with Crippen LogP contribution in [0.15, 0.2) is 61.2 Å². The number of hydrogen-bond donors (Lipinski definition) is 1. The first-order valence-corrected chi connectivity index (χ1v) is 11.2. The predicted octanol–water partition coefficient (Wildman–Crippen LogP) is 9.67. The third-order valence-electron chi connectivity index (χ3n) is 3.44. The fourth-order valence-corrected chi connectivity index (χ4v) is 2.08. The fourth-order valence-electron chi connectivity index (χ4n) is 2.08. The molecule has 1 aromatic rings. The van der Waals surface area contributed by atoms with E-state index in [4.69, 9.17) is 5.11 Å². The summed E-state index contributed by atoms with van der Waals surface area (Å²) in [6.45, 7) is 25.5. The van der Waals surface area contributed by atoms with Gasteiger partial charge in [-0.2, -0.15) is 0 Å². The third kappa shape index (κ3) is 32.0. The van der Waals surface area contributed by atoms with Crippen molar-refractivity contribution < 1.29 is 5.11 Å². The Morgan fingerprint density at radius 1 is 0.929 bits per heavy atom. The summed E-state index contributed by atoms with van der Waals surface area (Å²) in [6, 6.07) is 7.09. The monoisotopic (exact) mass is 390 g/mol. The number of hydrogen-bond acceptors (Lipinski definition) is 1. The molecule has 0 atom stereocenters. The van der Waals surface area contributed by atoms with E-state index in [9.17, 15) is 0 Å². The Balaban J connectivity index is -0.000000136. The van der Waals surface area contributed by atoms with Gasteiger partial charge in [-0.25, -0.2) is 0 Å². The smallest absolute Gasteiger partial charge is 0.115 e. The molecule has 0 aliphatic heterocycles. The van der Waals surface area contributed by atoms with Crippen LogP contribution in [0.3, 0.4) is 0 Å². The van der Waals surface area contributed by atoms with Gasteiger partial charge in [0.25, 0.3) is 0 Å². The van der Waals surface area contributed by atoms with Gasteiger partial charge in [0.05, 0.1) is 0 Å². The Hall–Kier alpha value is -1.76. The zero-order valence-corrected chi connectivity index (χ0v) is 20.5. The molecule has 1 aliphatic carbocycles. The van der Waals surface area contributed by atoms with Gasteiger partial charge in [0.2, 0.25) is 0 Å². The van der Waals surface area contributed by atoms with E-state index in [0.717, 1.165) is 11.5 Å². The number of aryl methyl sites for hydroxylation is 1. The Kier molecular flexibility index (Phi) is 36.2. The summed E-state index contributed by atoms with van der Waals surface area (Å²) in [5.74, 6) is 1.37. The Morgan fingerprint density at radius 2 is 1.36 bits per heavy atom. The van der Waals surface area contributed by atoms with Crippen molar-refractivity contribution in [2.75, 3.05) is 0 Å². The van der Waals surface area contributed by atoms with Crippen LogP contribution in [-0.4, -0.2) is 5.11 Å². The van der Waals surface area contributed by atoms with Crippen LogP contribution >= 0.6 is 0 Å². The number of phenolic OH excluding ortho intramolecular Hbond substituents is 1. The molecule has 1 heteroatoms. The molecule has 1 nitrogen and oxygen atoms in total. The normalized spacial score (nSPS) is 11.9. The minimum absolute atomic E-state index is 0.329. The molecule has 1 N–H and O–H groups in total. The van der Waals surface area contributed by atoms with Crippen molar-refractivity contribution in [2.24, 2.45) is 5.92 Å². The summed E-state index contributed by atoms with van der Waals surface area (Å²) in [7, 11) is 0. The van der Waals surface area contributed by atoms with Crippen molar-refractivity contribution in [2.45, 2.75) is 94.4 Å². The van der Waals surface area contributed by atoms with Gasteiger partial charge >= 0.3 is 0 Å². The molecule has 0 bridgehead atoms. The molecular formula is C27H50O. The van der Waals surface area contributed by atoms with E-state index >= 15 is 0 Å². The summed E-state index contributed by atoms with van der Waals surface area (Å²) in [6.07, 6.45) is 12.9. The third-order valence-corrected chi connectivity index (χ3v) is 3.44. The SMILES string of the molecule is C=C/C=C\C(=C)C.CC.CC.CC.CC1CCCCC1.Cc1ccc(O)cc1. The van der Waals surface area contributed by atoms with E-state index in [1.54, 1.807) is 18.2 Å². The molecular weight excluding hydrogens is 340 g/mol. The average molecular weight is 391 g/mol. The highest BCUT2D eigenvalue weighted by Gasteiger charge is 2.05. The largest absolute Gasteiger partial charge is 0.508 e. The van der Waals surface area contributed by atoms with Gasteiger partial charge in [-0.1, -0.05) is 135 Å². The highest BCUT2D eigenvalue weighted by molar-refractivity contribution is 5.24. The predicted molar refractivity (Wildman–Crippen MR) is 133 cm³/mol. The minimum Gasteiger partial charge on any atom is -0.508 e. The number of phenols is 1. The van der Waals surface area contributed by atoms with E-state index in [2.05, 4.69) is 20.1 Å². The van der Waals surface area contributed by atoms with Crippen LogP contribution in [-0.2, 0) is 0 Å². The molecule has 164 valence electrons. The van der Waals surface area contributed by atoms with Crippen LogP contribution in [0.4, 0.5) is 0 Å². The highest BCUT2D eigenvalue weighted by Crippen LogP contribution is 2.22. The Morgan fingerprint density at radius 3 is 1.57 bits per heavy atom. The zero-order chi connectivity index (χ0) is 22.8. The lowest BCUT2D eigenvalue weighted by Crippen LogP contribution is -1.99. The van der Waals surface area contributed by atoms with Crippen LogP contribution in [0, 0.1) is 12.8 Å². The van der Waals surface area contributed by atoms with E-state index in [-0.39, 0.29) is 0 Å². The van der Waals surface area contributed by atoms with Gasteiger partial charge in [-0.15, -0.1) is 0 Å². The van der Waals surface area contributed by atoms with Gasteiger partial charge in [0, 0.05) is 0 Å². The number of allylic oxidation sites excluding steroid dienone is 4. The molecule has 0 amide bonds. The molecule has 0 unspecified atom stereocenters. The fraction of sp³-hybridized carbons (Fsp3) is 0.556. The average Bonchev–Trinajstić information content (AvgIpc) is 2.74. The molecule has 1 aliphatic rings. The molecule has 0 saturated heterocycles. The second-order valence-electron chi connectivity index (χ2n) is 6.02. The molecule has 1 aromatic carbocycles. The number of rotatable bonds is 2. The van der Waals surface area contributed by atoms with Crippen LogP contribution in [0.5, 0.6) is 5.75 Å². The van der Waals surface area contributed by atoms with E-state index in [1.165, 1.54) is 37.7 Å². The van der Waals surface area contributed by atoms with E-state index in [1.807, 2.05) is 79.7 Å². The lowest BCUT2D eigenvalue weighted by molar-refractivity contribution is 0.385. The summed E-state index contributed by atoms with van der Waals surface area (Å²) in [5.41, 5.74) is 2.22. The van der Waals surface area contributed by atoms with Crippen molar-refractivity contribution in [1.82, 2.24) is 0 Å². The van der Waals surface area contributed by atoms with Gasteiger partial charge in [-0.3, -0.25) is 0 Å². The molecule has 0 heterocycles. The molecule has 1 saturated carbocycles. The highest BCUT2D eigenvalue weighted by atomic mass is 16.3. The summed E-state index contributed by atoms with van der Waals surface area (Å²) < 4.78 is 0. The Labute approximate surface area is 178 Å². The maximum atomic E-state index is 8.76. The maximum absolute atomic E-state index is 8.76. The minimum atomic E-state index is 0.329. The van der Waals surface area contributed by atoms with Crippen molar-refractivity contribution >= 4 is 0 Å². The van der Waals surface area contributed by atoms with Crippen molar-refractivity contribution in [3.63, 3.8) is 0 Å². The number of benzene rings is 1.